The summed E-state index contributed by atoms with van der Waals surface area (Å²) in [5.74, 6) is 0. The van der Waals surface area contributed by atoms with Crippen LogP contribution in [0.1, 0.15) is 18.7 Å². The second kappa shape index (κ2) is 6.80. The minimum atomic E-state index is 1.17. The Hall–Kier alpha value is -2.38. The molecule has 0 N–H and O–H groups in total. The Morgan fingerprint density at radius 1 is 0.913 bits per heavy atom. The van der Waals surface area contributed by atoms with Crippen LogP contribution < -0.4 is 0 Å². The van der Waals surface area contributed by atoms with Gasteiger partial charge in [-0.3, -0.25) is 0 Å². The van der Waals surface area contributed by atoms with Gasteiger partial charge in [-0.05, 0) is 54.0 Å². The first kappa shape index (κ1) is 15.5. The van der Waals surface area contributed by atoms with Crippen LogP contribution in [0.15, 0.2) is 85.0 Å². The van der Waals surface area contributed by atoms with Crippen molar-refractivity contribution in [2.75, 3.05) is 0 Å². The molecule has 1 aromatic heterocycles. The van der Waals surface area contributed by atoms with Crippen molar-refractivity contribution in [2.45, 2.75) is 13.8 Å². The SMILES string of the molecule is C=C/C(=C\C=C(C)C)c1ccc(-c2ccc3ccccc3c2)s1. The summed E-state index contributed by atoms with van der Waals surface area (Å²) >= 11 is 1.81. The number of hydrogen-bond donors (Lipinski definition) is 0. The highest BCUT2D eigenvalue weighted by atomic mass is 32.1. The molecule has 0 spiro atoms. The van der Waals surface area contributed by atoms with E-state index in [1.54, 1.807) is 0 Å². The Kier molecular flexibility index (Phi) is 4.59. The van der Waals surface area contributed by atoms with Crippen molar-refractivity contribution in [3.05, 3.63) is 89.9 Å². The first-order chi connectivity index (χ1) is 11.2. The Morgan fingerprint density at radius 2 is 1.70 bits per heavy atom. The molecule has 0 nitrogen and oxygen atoms in total. The topological polar surface area (TPSA) is 0 Å². The minimum absolute atomic E-state index is 1.17. The van der Waals surface area contributed by atoms with E-state index in [9.17, 15) is 0 Å². The van der Waals surface area contributed by atoms with E-state index in [-0.39, 0.29) is 0 Å². The third kappa shape index (κ3) is 3.52. The quantitative estimate of drug-likeness (QED) is 0.450. The van der Waals surface area contributed by atoms with Gasteiger partial charge in [0.2, 0.25) is 0 Å². The Bertz CT molecular complexity index is 902. The Balaban J connectivity index is 1.98. The summed E-state index contributed by atoms with van der Waals surface area (Å²) in [6, 6.07) is 19.5. The predicted molar refractivity (Wildman–Crippen MR) is 105 cm³/mol. The zero-order chi connectivity index (χ0) is 16.2. The zero-order valence-corrected chi connectivity index (χ0v) is 14.4. The lowest BCUT2D eigenvalue weighted by atomic mass is 10.1. The van der Waals surface area contributed by atoms with Crippen LogP contribution in [0.3, 0.4) is 0 Å². The van der Waals surface area contributed by atoms with Gasteiger partial charge in [-0.15, -0.1) is 11.3 Å². The molecule has 3 rings (SSSR count). The molecule has 2 aromatic carbocycles. The van der Waals surface area contributed by atoms with E-state index in [0.717, 1.165) is 0 Å². The molecule has 3 aromatic rings. The fraction of sp³-hybridized carbons (Fsp3) is 0.0909. The molecule has 0 saturated carbocycles. The number of benzene rings is 2. The molecule has 114 valence electrons. The average molecular weight is 316 g/mol. The number of thiophene rings is 1. The first-order valence-corrected chi connectivity index (χ1v) is 8.56. The van der Waals surface area contributed by atoms with Crippen molar-refractivity contribution in [1.82, 2.24) is 0 Å². The van der Waals surface area contributed by atoms with E-state index >= 15 is 0 Å². The van der Waals surface area contributed by atoms with Crippen LogP contribution in [0, 0.1) is 0 Å². The van der Waals surface area contributed by atoms with Gasteiger partial charge >= 0.3 is 0 Å². The van der Waals surface area contributed by atoms with Gasteiger partial charge in [0.05, 0.1) is 0 Å². The monoisotopic (exact) mass is 316 g/mol. The molecule has 0 atom stereocenters. The third-order valence-corrected chi connectivity index (χ3v) is 4.92. The summed E-state index contributed by atoms with van der Waals surface area (Å²) in [5.41, 5.74) is 3.73. The van der Waals surface area contributed by atoms with Gasteiger partial charge in [-0.1, -0.05) is 66.8 Å². The largest absolute Gasteiger partial charge is 0.135 e. The summed E-state index contributed by atoms with van der Waals surface area (Å²) in [6.07, 6.45) is 6.19. The molecular weight excluding hydrogens is 296 g/mol. The van der Waals surface area contributed by atoms with Crippen LogP contribution >= 0.6 is 11.3 Å². The van der Waals surface area contributed by atoms with Crippen LogP contribution in [-0.2, 0) is 0 Å². The van der Waals surface area contributed by atoms with E-state index in [2.05, 4.69) is 87.2 Å². The standard InChI is InChI=1S/C22H20S/c1-4-17(10-9-16(2)3)21-13-14-22(23-21)20-12-11-18-7-5-6-8-19(18)15-20/h4-15H,1H2,2-3H3/b17-10+. The van der Waals surface area contributed by atoms with Crippen LogP contribution in [0.25, 0.3) is 26.8 Å². The molecule has 0 aliphatic heterocycles. The maximum Gasteiger partial charge on any atom is 0.0349 e. The van der Waals surface area contributed by atoms with Crippen molar-refractivity contribution < 1.29 is 0 Å². The van der Waals surface area contributed by atoms with Crippen LogP contribution in [0.2, 0.25) is 0 Å². The molecule has 0 fully saturated rings. The fourth-order valence-corrected chi connectivity index (χ4v) is 3.52. The lowest BCUT2D eigenvalue weighted by Crippen LogP contribution is -1.75. The van der Waals surface area contributed by atoms with Crippen LogP contribution in [0.4, 0.5) is 0 Å². The molecule has 0 aliphatic rings. The highest BCUT2D eigenvalue weighted by Crippen LogP contribution is 2.33. The van der Waals surface area contributed by atoms with Crippen molar-refractivity contribution in [2.24, 2.45) is 0 Å². The van der Waals surface area contributed by atoms with Crippen LogP contribution in [-0.4, -0.2) is 0 Å². The normalized spacial score (nSPS) is 11.5. The molecule has 0 radical (unpaired) electrons. The molecule has 0 unspecified atom stereocenters. The first-order valence-electron chi connectivity index (χ1n) is 7.74. The zero-order valence-electron chi connectivity index (χ0n) is 13.5. The van der Waals surface area contributed by atoms with E-state index in [1.807, 2.05) is 17.4 Å². The van der Waals surface area contributed by atoms with Gasteiger partial charge in [0.15, 0.2) is 0 Å². The van der Waals surface area contributed by atoms with Crippen molar-refractivity contribution in [3.63, 3.8) is 0 Å². The average Bonchev–Trinajstić information content (AvgIpc) is 3.04. The summed E-state index contributed by atoms with van der Waals surface area (Å²) in [6.45, 7) is 8.15. The second-order valence-corrected chi connectivity index (χ2v) is 6.88. The summed E-state index contributed by atoms with van der Waals surface area (Å²) < 4.78 is 0. The van der Waals surface area contributed by atoms with Gasteiger partial charge in [0.25, 0.3) is 0 Å². The number of rotatable bonds is 4. The van der Waals surface area contributed by atoms with E-state index in [1.165, 1.54) is 37.2 Å². The van der Waals surface area contributed by atoms with Crippen LogP contribution in [0.5, 0.6) is 0 Å². The van der Waals surface area contributed by atoms with Gasteiger partial charge in [0.1, 0.15) is 0 Å². The minimum Gasteiger partial charge on any atom is -0.135 e. The highest BCUT2D eigenvalue weighted by Gasteiger charge is 2.06. The number of fused-ring (bicyclic) bond motifs is 1. The Labute approximate surface area is 142 Å². The van der Waals surface area contributed by atoms with Crippen molar-refractivity contribution in [3.8, 4) is 10.4 Å². The molecule has 0 aliphatic carbocycles. The fourth-order valence-electron chi connectivity index (χ4n) is 2.50. The van der Waals surface area contributed by atoms with E-state index < -0.39 is 0 Å². The van der Waals surface area contributed by atoms with Crippen molar-refractivity contribution >= 4 is 27.7 Å². The van der Waals surface area contributed by atoms with E-state index in [0.29, 0.717) is 0 Å². The summed E-state index contributed by atoms with van der Waals surface area (Å²) in [5, 5.41) is 2.56. The lowest BCUT2D eigenvalue weighted by Gasteiger charge is -2.01. The Morgan fingerprint density at radius 3 is 2.43 bits per heavy atom. The van der Waals surface area contributed by atoms with Gasteiger partial charge < -0.3 is 0 Å². The van der Waals surface area contributed by atoms with E-state index in [4.69, 9.17) is 0 Å². The smallest absolute Gasteiger partial charge is 0.0349 e. The third-order valence-electron chi connectivity index (χ3n) is 3.74. The van der Waals surface area contributed by atoms with Gasteiger partial charge in [0, 0.05) is 9.75 Å². The molecule has 0 bridgehead atoms. The molecule has 1 heteroatoms. The molecule has 23 heavy (non-hydrogen) atoms. The second-order valence-electron chi connectivity index (χ2n) is 5.80. The summed E-state index contributed by atoms with van der Waals surface area (Å²) in [7, 11) is 0. The molecule has 1 heterocycles. The summed E-state index contributed by atoms with van der Waals surface area (Å²) in [4.78, 5) is 2.54. The van der Waals surface area contributed by atoms with Gasteiger partial charge in [-0.2, -0.15) is 0 Å². The lowest BCUT2D eigenvalue weighted by molar-refractivity contribution is 1.39. The highest BCUT2D eigenvalue weighted by molar-refractivity contribution is 7.16. The van der Waals surface area contributed by atoms with Crippen molar-refractivity contribution in [1.29, 1.82) is 0 Å². The molecule has 0 amide bonds. The number of hydrogen-bond acceptors (Lipinski definition) is 1. The maximum atomic E-state index is 3.95. The molecular formula is C22H20S. The van der Waals surface area contributed by atoms with Gasteiger partial charge in [-0.25, -0.2) is 0 Å². The predicted octanol–water partition coefficient (Wildman–Crippen LogP) is 7.10. The number of allylic oxidation sites excluding steroid dienone is 5. The maximum absolute atomic E-state index is 3.95. The molecule has 0 saturated heterocycles.